The summed E-state index contributed by atoms with van der Waals surface area (Å²) in [5.41, 5.74) is -0.343. The number of benzene rings is 2. The molecule has 1 aromatic heterocycles. The SMILES string of the molecule is CN(c1ccc(F)cc1)c1ncc(C(F)(F)F)c(Sc2ccccc2)n1. The lowest BCUT2D eigenvalue weighted by atomic mass is 10.3. The fourth-order valence-electron chi connectivity index (χ4n) is 2.17. The average Bonchev–Trinajstić information content (AvgIpc) is 2.61. The van der Waals surface area contributed by atoms with Crippen LogP contribution < -0.4 is 4.90 Å². The Morgan fingerprint density at radius 2 is 1.62 bits per heavy atom. The smallest absolute Gasteiger partial charge is 0.314 e. The molecule has 0 bridgehead atoms. The van der Waals surface area contributed by atoms with E-state index in [0.29, 0.717) is 10.6 Å². The van der Waals surface area contributed by atoms with Crippen molar-refractivity contribution in [3.63, 3.8) is 0 Å². The van der Waals surface area contributed by atoms with Gasteiger partial charge in [0.2, 0.25) is 5.95 Å². The van der Waals surface area contributed by atoms with Crippen molar-refractivity contribution < 1.29 is 17.6 Å². The number of aromatic nitrogens is 2. The number of alkyl halides is 3. The Morgan fingerprint density at radius 1 is 0.962 bits per heavy atom. The van der Waals surface area contributed by atoms with Crippen LogP contribution in [0.3, 0.4) is 0 Å². The highest BCUT2D eigenvalue weighted by atomic mass is 32.2. The molecule has 0 spiro atoms. The van der Waals surface area contributed by atoms with E-state index < -0.39 is 17.6 Å². The van der Waals surface area contributed by atoms with Crippen LogP contribution in [0.4, 0.5) is 29.2 Å². The highest BCUT2D eigenvalue weighted by Crippen LogP contribution is 2.39. The molecule has 0 saturated heterocycles. The van der Waals surface area contributed by atoms with E-state index >= 15 is 0 Å². The van der Waals surface area contributed by atoms with E-state index in [1.807, 2.05) is 0 Å². The zero-order chi connectivity index (χ0) is 18.7. The summed E-state index contributed by atoms with van der Waals surface area (Å²) >= 11 is 0.913. The second-order valence-electron chi connectivity index (χ2n) is 5.34. The standard InChI is InChI=1S/C18H13F4N3S/c1-25(13-9-7-12(19)8-10-13)17-23-11-15(18(20,21)22)16(24-17)26-14-5-3-2-4-6-14/h2-11H,1H3. The molecule has 0 unspecified atom stereocenters. The Kier molecular flexibility index (Phi) is 5.13. The van der Waals surface area contributed by atoms with Crippen molar-refractivity contribution in [1.82, 2.24) is 9.97 Å². The van der Waals surface area contributed by atoms with Gasteiger partial charge in [-0.05, 0) is 36.4 Å². The highest BCUT2D eigenvalue weighted by Gasteiger charge is 2.35. The zero-order valence-electron chi connectivity index (χ0n) is 13.5. The normalized spacial score (nSPS) is 11.4. The number of hydrogen-bond donors (Lipinski definition) is 0. The van der Waals surface area contributed by atoms with E-state index in [4.69, 9.17) is 0 Å². The summed E-state index contributed by atoms with van der Waals surface area (Å²) in [5.74, 6) is -0.321. The van der Waals surface area contributed by atoms with Crippen LogP contribution in [0.1, 0.15) is 5.56 Å². The monoisotopic (exact) mass is 379 g/mol. The van der Waals surface area contributed by atoms with Crippen LogP contribution in [0.15, 0.2) is 70.7 Å². The number of rotatable bonds is 4. The first-order valence-electron chi connectivity index (χ1n) is 7.51. The number of hydrogen-bond acceptors (Lipinski definition) is 4. The van der Waals surface area contributed by atoms with Crippen molar-refractivity contribution in [2.45, 2.75) is 16.1 Å². The van der Waals surface area contributed by atoms with Gasteiger partial charge in [0.25, 0.3) is 0 Å². The minimum absolute atomic E-state index is 0.0861. The van der Waals surface area contributed by atoms with E-state index in [9.17, 15) is 17.6 Å². The van der Waals surface area contributed by atoms with E-state index in [2.05, 4.69) is 9.97 Å². The molecule has 0 aliphatic heterocycles. The molecule has 0 saturated carbocycles. The maximum atomic E-state index is 13.3. The van der Waals surface area contributed by atoms with Gasteiger partial charge in [0, 0.05) is 23.8 Å². The molecule has 3 rings (SSSR count). The number of halogens is 4. The van der Waals surface area contributed by atoms with Gasteiger partial charge in [-0.15, -0.1) is 0 Å². The van der Waals surface area contributed by atoms with Crippen molar-refractivity contribution in [2.75, 3.05) is 11.9 Å². The topological polar surface area (TPSA) is 29.0 Å². The summed E-state index contributed by atoms with van der Waals surface area (Å²) in [6.45, 7) is 0. The van der Waals surface area contributed by atoms with E-state index in [1.54, 1.807) is 37.4 Å². The van der Waals surface area contributed by atoms with E-state index in [1.165, 1.54) is 29.2 Å². The summed E-state index contributed by atoms with van der Waals surface area (Å²) in [6, 6.07) is 14.2. The Hall–Kier alpha value is -2.61. The molecule has 0 aliphatic carbocycles. The molecule has 3 nitrogen and oxygen atoms in total. The van der Waals surface area contributed by atoms with Crippen molar-refractivity contribution in [1.29, 1.82) is 0 Å². The lowest BCUT2D eigenvalue weighted by molar-refractivity contribution is -0.140. The second-order valence-corrected chi connectivity index (χ2v) is 6.40. The predicted molar refractivity (Wildman–Crippen MR) is 92.1 cm³/mol. The quantitative estimate of drug-likeness (QED) is 0.439. The zero-order valence-corrected chi connectivity index (χ0v) is 14.4. The van der Waals surface area contributed by atoms with E-state index in [0.717, 1.165) is 18.0 Å². The third-order valence-corrected chi connectivity index (χ3v) is 4.53. The third kappa shape index (κ3) is 4.13. The Bertz CT molecular complexity index is 883. The molecule has 1 heterocycles. The average molecular weight is 379 g/mol. The number of anilines is 2. The van der Waals surface area contributed by atoms with Gasteiger partial charge in [0.1, 0.15) is 16.4 Å². The van der Waals surface area contributed by atoms with Gasteiger partial charge >= 0.3 is 6.18 Å². The maximum absolute atomic E-state index is 13.3. The van der Waals surface area contributed by atoms with Crippen molar-refractivity contribution in [2.24, 2.45) is 0 Å². The molecule has 0 radical (unpaired) electrons. The first-order valence-corrected chi connectivity index (χ1v) is 8.32. The minimum atomic E-state index is -4.57. The molecule has 134 valence electrons. The minimum Gasteiger partial charge on any atom is -0.314 e. The second kappa shape index (κ2) is 7.33. The number of nitrogens with zero attached hydrogens (tertiary/aromatic N) is 3. The van der Waals surface area contributed by atoms with Crippen LogP contribution in [0, 0.1) is 5.82 Å². The van der Waals surface area contributed by atoms with Gasteiger partial charge in [-0.2, -0.15) is 13.2 Å². The van der Waals surface area contributed by atoms with Crippen LogP contribution in [0.25, 0.3) is 0 Å². The van der Waals surface area contributed by atoms with Crippen LogP contribution in [-0.2, 0) is 6.18 Å². The molecule has 8 heteroatoms. The van der Waals surface area contributed by atoms with Gasteiger partial charge in [0.05, 0.1) is 0 Å². The summed E-state index contributed by atoms with van der Waals surface area (Å²) in [7, 11) is 1.60. The molecule has 0 fully saturated rings. The first kappa shape index (κ1) is 18.2. The molecule has 3 aromatic rings. The lowest BCUT2D eigenvalue weighted by Gasteiger charge is -2.19. The Labute approximate surface area is 151 Å². The molecule has 0 aliphatic rings. The van der Waals surface area contributed by atoms with Gasteiger partial charge in [-0.1, -0.05) is 30.0 Å². The summed E-state index contributed by atoms with van der Waals surface area (Å²) in [6.07, 6.45) is -3.79. The third-order valence-electron chi connectivity index (χ3n) is 3.52. The van der Waals surface area contributed by atoms with Crippen molar-refractivity contribution in [3.05, 3.63) is 72.2 Å². The molecule has 0 N–H and O–H groups in total. The fourth-order valence-corrected chi connectivity index (χ4v) is 3.09. The van der Waals surface area contributed by atoms with Crippen LogP contribution in [0.2, 0.25) is 0 Å². The van der Waals surface area contributed by atoms with Crippen LogP contribution in [-0.4, -0.2) is 17.0 Å². The molecular formula is C18H13F4N3S. The first-order chi connectivity index (χ1) is 12.3. The van der Waals surface area contributed by atoms with Crippen molar-refractivity contribution in [3.8, 4) is 0 Å². The van der Waals surface area contributed by atoms with Gasteiger partial charge in [-0.3, -0.25) is 0 Å². The molecule has 26 heavy (non-hydrogen) atoms. The van der Waals surface area contributed by atoms with Gasteiger partial charge in [0.15, 0.2) is 0 Å². The van der Waals surface area contributed by atoms with Crippen molar-refractivity contribution >= 4 is 23.4 Å². The molecular weight excluding hydrogens is 366 g/mol. The fraction of sp³-hybridized carbons (Fsp3) is 0.111. The Morgan fingerprint density at radius 3 is 2.23 bits per heavy atom. The van der Waals surface area contributed by atoms with Gasteiger partial charge < -0.3 is 4.90 Å². The molecule has 0 amide bonds. The lowest BCUT2D eigenvalue weighted by Crippen LogP contribution is -2.16. The summed E-state index contributed by atoms with van der Waals surface area (Å²) < 4.78 is 53.0. The molecule has 0 atom stereocenters. The van der Waals surface area contributed by atoms with Crippen LogP contribution >= 0.6 is 11.8 Å². The highest BCUT2D eigenvalue weighted by molar-refractivity contribution is 7.99. The summed E-state index contributed by atoms with van der Waals surface area (Å²) in [5, 5.41) is -0.192. The van der Waals surface area contributed by atoms with Gasteiger partial charge in [-0.25, -0.2) is 14.4 Å². The largest absolute Gasteiger partial charge is 0.420 e. The van der Waals surface area contributed by atoms with Crippen LogP contribution in [0.5, 0.6) is 0 Å². The maximum Gasteiger partial charge on any atom is 0.420 e. The predicted octanol–water partition coefficient (Wildman–Crippen LogP) is 5.55. The Balaban J connectivity index is 2.00. The summed E-state index contributed by atoms with van der Waals surface area (Å²) in [4.78, 5) is 10.1. The molecule has 2 aromatic carbocycles. The van der Waals surface area contributed by atoms with E-state index in [-0.39, 0.29) is 11.0 Å².